The largest absolute Gasteiger partial charge is 0.488 e. The van der Waals surface area contributed by atoms with Gasteiger partial charge in [0.15, 0.2) is 0 Å². The van der Waals surface area contributed by atoms with Crippen molar-refractivity contribution in [3.8, 4) is 5.75 Å². The number of rotatable bonds is 10. The minimum absolute atomic E-state index is 0.234. The first kappa shape index (κ1) is 19.3. The van der Waals surface area contributed by atoms with Gasteiger partial charge in [0.2, 0.25) is 5.16 Å². The molecule has 0 saturated heterocycles. The Morgan fingerprint density at radius 3 is 2.74 bits per heavy atom. The molecule has 3 aromatic rings. The molecule has 2 N–H and O–H groups in total. The van der Waals surface area contributed by atoms with E-state index in [1.807, 2.05) is 25.2 Å². The molecule has 142 valence electrons. The van der Waals surface area contributed by atoms with Gasteiger partial charge in [0, 0.05) is 24.8 Å². The van der Waals surface area contributed by atoms with E-state index in [1.54, 1.807) is 28.6 Å². The first-order chi connectivity index (χ1) is 13.2. The number of quaternary nitrogens is 1. The number of thioether (sulfide) groups is 1. The third-order valence-electron chi connectivity index (χ3n) is 4.01. The van der Waals surface area contributed by atoms with Crippen LogP contribution in [0.2, 0.25) is 0 Å². The average molecular weight is 388 g/mol. The maximum atomic E-state index is 13.0. The highest BCUT2D eigenvalue weighted by atomic mass is 32.2. The molecule has 3 rings (SSSR count). The minimum Gasteiger partial charge on any atom is -0.488 e. The fourth-order valence-electron chi connectivity index (χ4n) is 2.55. The zero-order chi connectivity index (χ0) is 18.9. The van der Waals surface area contributed by atoms with Gasteiger partial charge in [0.05, 0.1) is 6.54 Å². The predicted octanol–water partition coefficient (Wildman–Crippen LogP) is 2.17. The Morgan fingerprint density at radius 1 is 1.15 bits per heavy atom. The molecule has 0 amide bonds. The third kappa shape index (κ3) is 6.04. The number of nitrogens with two attached hydrogens (primary N) is 1. The molecule has 0 aliphatic heterocycles. The number of tetrazole rings is 1. The number of aromatic nitrogens is 4. The van der Waals surface area contributed by atoms with Crippen LogP contribution in [0.5, 0.6) is 5.75 Å². The Hall–Kier alpha value is -2.45. The molecule has 0 saturated carbocycles. The van der Waals surface area contributed by atoms with Gasteiger partial charge in [-0.15, -0.1) is 5.10 Å². The number of benzene rings is 2. The van der Waals surface area contributed by atoms with Gasteiger partial charge in [-0.1, -0.05) is 36.0 Å². The highest BCUT2D eigenvalue weighted by Crippen LogP contribution is 2.18. The van der Waals surface area contributed by atoms with Gasteiger partial charge in [-0.05, 0) is 40.3 Å². The van der Waals surface area contributed by atoms with Gasteiger partial charge in [0.25, 0.3) is 0 Å². The van der Waals surface area contributed by atoms with Crippen molar-refractivity contribution in [3.63, 3.8) is 0 Å². The van der Waals surface area contributed by atoms with Crippen LogP contribution in [0.1, 0.15) is 17.5 Å². The van der Waals surface area contributed by atoms with E-state index >= 15 is 0 Å². The third-order valence-corrected chi connectivity index (χ3v) is 5.11. The second kappa shape index (κ2) is 10.0. The van der Waals surface area contributed by atoms with Crippen molar-refractivity contribution < 1.29 is 14.4 Å². The summed E-state index contributed by atoms with van der Waals surface area (Å²) in [7, 11) is 1.84. The maximum absolute atomic E-state index is 13.0. The van der Waals surface area contributed by atoms with Crippen LogP contribution in [0.3, 0.4) is 0 Å². The van der Waals surface area contributed by atoms with E-state index in [-0.39, 0.29) is 5.82 Å². The highest BCUT2D eigenvalue weighted by molar-refractivity contribution is 7.99. The Bertz CT molecular complexity index is 840. The lowest BCUT2D eigenvalue weighted by Gasteiger charge is -2.11. The van der Waals surface area contributed by atoms with Gasteiger partial charge >= 0.3 is 0 Å². The summed E-state index contributed by atoms with van der Waals surface area (Å²) in [6.07, 6.45) is 1.07. The summed E-state index contributed by atoms with van der Waals surface area (Å²) in [5.74, 6) is 1.62. The molecule has 0 fully saturated rings. The van der Waals surface area contributed by atoms with Crippen LogP contribution >= 0.6 is 11.8 Å². The molecule has 6 nitrogen and oxygen atoms in total. The molecule has 0 atom stereocenters. The molecule has 8 heteroatoms. The van der Waals surface area contributed by atoms with E-state index in [1.165, 1.54) is 12.1 Å². The lowest BCUT2D eigenvalue weighted by molar-refractivity contribution is -0.670. The molecular weight excluding hydrogens is 365 g/mol. The fraction of sp³-hybridized carbons (Fsp3) is 0.316. The van der Waals surface area contributed by atoms with Crippen LogP contribution in [0.4, 0.5) is 4.39 Å². The van der Waals surface area contributed by atoms with Crippen molar-refractivity contribution in [1.29, 1.82) is 0 Å². The van der Waals surface area contributed by atoms with Crippen molar-refractivity contribution in [2.75, 3.05) is 12.3 Å². The molecule has 0 aliphatic carbocycles. The summed E-state index contributed by atoms with van der Waals surface area (Å²) in [6, 6.07) is 14.4. The van der Waals surface area contributed by atoms with E-state index < -0.39 is 0 Å². The normalized spacial score (nSPS) is 10.9. The Balaban J connectivity index is 1.40. The van der Waals surface area contributed by atoms with E-state index in [9.17, 15) is 4.39 Å². The van der Waals surface area contributed by atoms with Gasteiger partial charge < -0.3 is 10.1 Å². The number of halogens is 1. The molecule has 2 aromatic carbocycles. The second-order valence-corrected chi connectivity index (χ2v) is 7.15. The van der Waals surface area contributed by atoms with Crippen molar-refractivity contribution in [3.05, 3.63) is 65.5 Å². The van der Waals surface area contributed by atoms with Crippen molar-refractivity contribution in [2.24, 2.45) is 7.05 Å². The van der Waals surface area contributed by atoms with Crippen LogP contribution in [0, 0.1) is 5.82 Å². The summed E-state index contributed by atoms with van der Waals surface area (Å²) < 4.78 is 20.6. The first-order valence-electron chi connectivity index (χ1n) is 8.84. The molecule has 0 unspecified atom stereocenters. The fourth-order valence-corrected chi connectivity index (χ4v) is 3.36. The summed E-state index contributed by atoms with van der Waals surface area (Å²) in [5.41, 5.74) is 2.11. The number of aryl methyl sites for hydroxylation is 1. The minimum atomic E-state index is -0.234. The molecule has 0 radical (unpaired) electrons. The van der Waals surface area contributed by atoms with Gasteiger partial charge in [-0.2, -0.15) is 0 Å². The van der Waals surface area contributed by atoms with Crippen LogP contribution in [-0.4, -0.2) is 32.5 Å². The second-order valence-electron chi connectivity index (χ2n) is 6.09. The topological polar surface area (TPSA) is 69.4 Å². The van der Waals surface area contributed by atoms with Crippen molar-refractivity contribution in [1.82, 2.24) is 20.2 Å². The Morgan fingerprint density at radius 2 is 1.96 bits per heavy atom. The van der Waals surface area contributed by atoms with Crippen LogP contribution in [0.25, 0.3) is 0 Å². The zero-order valence-corrected chi connectivity index (χ0v) is 16.0. The number of ether oxygens (including phenoxy) is 1. The van der Waals surface area contributed by atoms with Gasteiger partial charge in [-0.25, -0.2) is 9.07 Å². The monoisotopic (exact) mass is 388 g/mol. The lowest BCUT2D eigenvalue weighted by atomic mass is 10.2. The van der Waals surface area contributed by atoms with Crippen LogP contribution < -0.4 is 10.1 Å². The lowest BCUT2D eigenvalue weighted by Crippen LogP contribution is -2.82. The number of hydrogen-bond acceptors (Lipinski definition) is 5. The molecule has 1 heterocycles. The molecular formula is C19H23FN5OS+. The van der Waals surface area contributed by atoms with Gasteiger partial charge in [0.1, 0.15) is 24.7 Å². The number of para-hydroxylation sites is 1. The number of hydrogen-bond donors (Lipinski definition) is 1. The molecule has 0 bridgehead atoms. The SMILES string of the molecule is Cn1nnnc1SCCC[NH2+]Cc1ccccc1OCc1ccc(F)cc1. The first-order valence-corrected chi connectivity index (χ1v) is 9.83. The quantitative estimate of drug-likeness (QED) is 0.426. The van der Waals surface area contributed by atoms with E-state index in [2.05, 4.69) is 26.9 Å². The smallest absolute Gasteiger partial charge is 0.209 e. The predicted molar refractivity (Wildman–Crippen MR) is 102 cm³/mol. The zero-order valence-electron chi connectivity index (χ0n) is 15.2. The van der Waals surface area contributed by atoms with E-state index in [0.717, 1.165) is 47.3 Å². The summed E-state index contributed by atoms with van der Waals surface area (Å²) in [6.45, 7) is 2.31. The standard InChI is InChI=1S/C19H22FN5OS/c1-25-19(22-23-24-25)27-12-4-11-21-13-16-5-2-3-6-18(16)26-14-15-7-9-17(20)10-8-15/h2-3,5-10,21H,4,11-14H2,1H3/p+1. The highest BCUT2D eigenvalue weighted by Gasteiger charge is 2.06. The molecule has 27 heavy (non-hydrogen) atoms. The van der Waals surface area contributed by atoms with E-state index in [4.69, 9.17) is 4.74 Å². The van der Waals surface area contributed by atoms with Crippen LogP contribution in [0.15, 0.2) is 53.7 Å². The molecule has 0 aliphatic rings. The summed E-state index contributed by atoms with van der Waals surface area (Å²) in [5, 5.41) is 14.5. The van der Waals surface area contributed by atoms with Crippen LogP contribution in [-0.2, 0) is 20.2 Å². The summed E-state index contributed by atoms with van der Waals surface area (Å²) >= 11 is 1.67. The van der Waals surface area contributed by atoms with Crippen molar-refractivity contribution >= 4 is 11.8 Å². The Labute approximate surface area is 162 Å². The van der Waals surface area contributed by atoms with Crippen molar-refractivity contribution in [2.45, 2.75) is 24.7 Å². The maximum Gasteiger partial charge on any atom is 0.209 e. The molecule has 1 aromatic heterocycles. The molecule has 0 spiro atoms. The van der Waals surface area contributed by atoms with E-state index in [0.29, 0.717) is 6.61 Å². The summed E-state index contributed by atoms with van der Waals surface area (Å²) in [4.78, 5) is 0. The average Bonchev–Trinajstić information content (AvgIpc) is 3.10. The Kier molecular flexibility index (Phi) is 7.18. The number of nitrogens with zero attached hydrogens (tertiary/aromatic N) is 4. The van der Waals surface area contributed by atoms with Gasteiger partial charge in [-0.3, -0.25) is 0 Å².